The number of nitrogens with one attached hydrogen (secondary N) is 1. The van der Waals surface area contributed by atoms with Crippen LogP contribution in [0.5, 0.6) is 5.75 Å². The number of ether oxygens (including phenoxy) is 1. The number of aryl methyl sites for hydroxylation is 1. The number of benzene rings is 1. The van der Waals surface area contributed by atoms with E-state index in [4.69, 9.17) is 9.15 Å². The van der Waals surface area contributed by atoms with E-state index in [9.17, 15) is 4.79 Å². The lowest BCUT2D eigenvalue weighted by Crippen LogP contribution is -2.33. The Labute approximate surface area is 174 Å². The van der Waals surface area contributed by atoms with Gasteiger partial charge in [-0.25, -0.2) is 0 Å². The Morgan fingerprint density at radius 3 is 2.76 bits per heavy atom. The summed E-state index contributed by atoms with van der Waals surface area (Å²) in [6.45, 7) is 8.40. The summed E-state index contributed by atoms with van der Waals surface area (Å²) in [5.41, 5.74) is 1.67. The molecule has 7 nitrogen and oxygen atoms in total. The number of rotatable bonds is 9. The van der Waals surface area contributed by atoms with Crippen molar-refractivity contribution in [2.45, 2.75) is 45.3 Å². The van der Waals surface area contributed by atoms with Crippen molar-refractivity contribution in [2.75, 3.05) is 12.4 Å². The highest BCUT2D eigenvalue weighted by Crippen LogP contribution is 2.34. The molecule has 1 N–H and O–H groups in total. The van der Waals surface area contributed by atoms with Gasteiger partial charge in [-0.2, -0.15) is 0 Å². The Morgan fingerprint density at radius 2 is 2.07 bits per heavy atom. The van der Waals surface area contributed by atoms with Gasteiger partial charge < -0.3 is 14.5 Å². The van der Waals surface area contributed by atoms with Gasteiger partial charge in [0.05, 0.1) is 29.9 Å². The smallest absolute Gasteiger partial charge is 0.230 e. The number of hydrogen-bond donors (Lipinski definition) is 1. The van der Waals surface area contributed by atoms with E-state index in [1.165, 1.54) is 11.8 Å². The number of nitrogens with zero attached hydrogens (tertiary/aromatic N) is 3. The first-order valence-electron chi connectivity index (χ1n) is 9.69. The van der Waals surface area contributed by atoms with E-state index in [1.54, 1.807) is 6.26 Å². The highest BCUT2D eigenvalue weighted by atomic mass is 32.2. The third-order valence-corrected chi connectivity index (χ3v) is 5.42. The number of amides is 1. The molecule has 3 rings (SSSR count). The lowest BCUT2D eigenvalue weighted by atomic mass is 10.2. The molecule has 0 unspecified atom stereocenters. The first kappa shape index (κ1) is 21.0. The number of carbonyl (C=O) groups excluding carboxylic acids is 1. The molecule has 3 aromatic rings. The van der Waals surface area contributed by atoms with Crippen LogP contribution in [0.25, 0.3) is 17.1 Å². The van der Waals surface area contributed by atoms with Crippen LogP contribution in [0.3, 0.4) is 0 Å². The number of aromatic nitrogens is 3. The second-order valence-electron chi connectivity index (χ2n) is 6.60. The first-order valence-corrected chi connectivity index (χ1v) is 10.7. The fourth-order valence-corrected chi connectivity index (χ4v) is 3.60. The zero-order valence-corrected chi connectivity index (χ0v) is 18.0. The molecular weight excluding hydrogens is 388 g/mol. The average Bonchev–Trinajstić information content (AvgIpc) is 3.32. The maximum absolute atomic E-state index is 12.3. The number of hydrogen-bond acceptors (Lipinski definition) is 6. The summed E-state index contributed by atoms with van der Waals surface area (Å²) >= 11 is 1.34. The second-order valence-corrected chi connectivity index (χ2v) is 7.54. The minimum absolute atomic E-state index is 0.0296. The molecule has 0 aliphatic heterocycles. The number of para-hydroxylation sites is 2. The SMILES string of the molecule is CCOc1ccccc1-n1c(SCC(=O)N[C@@H](C)CC)nnc1-c1ccoc1C. The summed E-state index contributed by atoms with van der Waals surface area (Å²) in [4.78, 5) is 12.3. The van der Waals surface area contributed by atoms with Crippen LogP contribution in [-0.2, 0) is 4.79 Å². The lowest BCUT2D eigenvalue weighted by Gasteiger charge is -2.15. The maximum Gasteiger partial charge on any atom is 0.230 e. The van der Waals surface area contributed by atoms with E-state index in [1.807, 2.05) is 62.6 Å². The lowest BCUT2D eigenvalue weighted by molar-refractivity contribution is -0.119. The molecule has 0 aliphatic carbocycles. The molecule has 29 heavy (non-hydrogen) atoms. The zero-order chi connectivity index (χ0) is 20.8. The number of carbonyl (C=O) groups is 1. The Balaban J connectivity index is 1.99. The van der Waals surface area contributed by atoms with E-state index in [0.29, 0.717) is 17.6 Å². The van der Waals surface area contributed by atoms with Crippen molar-refractivity contribution in [3.8, 4) is 22.8 Å². The molecule has 8 heteroatoms. The molecule has 1 amide bonds. The highest BCUT2D eigenvalue weighted by Gasteiger charge is 2.22. The van der Waals surface area contributed by atoms with E-state index < -0.39 is 0 Å². The number of furan rings is 1. The quantitative estimate of drug-likeness (QED) is 0.527. The van der Waals surface area contributed by atoms with Crippen molar-refractivity contribution in [2.24, 2.45) is 0 Å². The largest absolute Gasteiger partial charge is 0.492 e. The monoisotopic (exact) mass is 414 g/mol. The van der Waals surface area contributed by atoms with Crippen molar-refractivity contribution in [3.05, 3.63) is 42.4 Å². The van der Waals surface area contributed by atoms with Crippen molar-refractivity contribution >= 4 is 17.7 Å². The predicted octanol–water partition coefficient (Wildman–Crippen LogP) is 4.24. The van der Waals surface area contributed by atoms with Crippen molar-refractivity contribution in [3.63, 3.8) is 0 Å². The molecule has 0 radical (unpaired) electrons. The van der Waals surface area contributed by atoms with Crippen LogP contribution < -0.4 is 10.1 Å². The topological polar surface area (TPSA) is 82.2 Å². The third kappa shape index (κ3) is 4.82. The van der Waals surface area contributed by atoms with Gasteiger partial charge in [0.2, 0.25) is 5.91 Å². The van der Waals surface area contributed by atoms with Crippen molar-refractivity contribution in [1.29, 1.82) is 0 Å². The van der Waals surface area contributed by atoms with Crippen LogP contribution in [0.1, 0.15) is 33.0 Å². The molecule has 154 valence electrons. The van der Waals surface area contributed by atoms with Gasteiger partial charge in [0, 0.05) is 6.04 Å². The molecule has 0 aliphatic rings. The van der Waals surface area contributed by atoms with Crippen LogP contribution in [0.4, 0.5) is 0 Å². The summed E-state index contributed by atoms with van der Waals surface area (Å²) in [6, 6.07) is 9.74. The Hall–Kier alpha value is -2.74. The highest BCUT2D eigenvalue weighted by molar-refractivity contribution is 7.99. The summed E-state index contributed by atoms with van der Waals surface area (Å²) in [6.07, 6.45) is 2.52. The molecule has 2 aromatic heterocycles. The third-order valence-electron chi connectivity index (χ3n) is 4.49. The van der Waals surface area contributed by atoms with Gasteiger partial charge in [-0.3, -0.25) is 9.36 Å². The Morgan fingerprint density at radius 1 is 1.28 bits per heavy atom. The summed E-state index contributed by atoms with van der Waals surface area (Å²) < 4.78 is 13.2. The summed E-state index contributed by atoms with van der Waals surface area (Å²) in [5, 5.41) is 12.4. The van der Waals surface area contributed by atoms with Gasteiger partial charge in [0.1, 0.15) is 11.5 Å². The maximum atomic E-state index is 12.3. The minimum Gasteiger partial charge on any atom is -0.492 e. The number of thioether (sulfide) groups is 1. The standard InChI is InChI=1S/C21H26N4O3S/c1-5-14(3)22-19(26)13-29-21-24-23-20(16-11-12-28-15(16)4)25(21)17-9-7-8-10-18(17)27-6-2/h7-12,14H,5-6,13H2,1-4H3,(H,22,26)/t14-/m0/s1. The zero-order valence-electron chi connectivity index (χ0n) is 17.1. The minimum atomic E-state index is -0.0296. The fraction of sp³-hybridized carbons (Fsp3) is 0.381. The van der Waals surface area contributed by atoms with Crippen LogP contribution >= 0.6 is 11.8 Å². The molecule has 0 spiro atoms. The van der Waals surface area contributed by atoms with Crippen LogP contribution in [0.2, 0.25) is 0 Å². The molecule has 0 saturated carbocycles. The van der Waals surface area contributed by atoms with Gasteiger partial charge in [0.15, 0.2) is 11.0 Å². The van der Waals surface area contributed by atoms with Crippen LogP contribution in [-0.4, -0.2) is 39.1 Å². The summed E-state index contributed by atoms with van der Waals surface area (Å²) in [7, 11) is 0. The molecular formula is C21H26N4O3S. The summed E-state index contributed by atoms with van der Waals surface area (Å²) in [5.74, 6) is 2.34. The first-order chi connectivity index (χ1) is 14.0. The van der Waals surface area contributed by atoms with Crippen molar-refractivity contribution < 1.29 is 13.9 Å². The molecule has 1 aromatic carbocycles. The molecule has 0 saturated heterocycles. The van der Waals surface area contributed by atoms with Gasteiger partial charge in [-0.1, -0.05) is 30.8 Å². The van der Waals surface area contributed by atoms with Gasteiger partial charge in [-0.05, 0) is 45.4 Å². The fourth-order valence-electron chi connectivity index (χ4n) is 2.84. The Bertz CT molecular complexity index is 966. The van der Waals surface area contributed by atoms with E-state index >= 15 is 0 Å². The van der Waals surface area contributed by atoms with Crippen LogP contribution in [0, 0.1) is 6.92 Å². The van der Waals surface area contributed by atoms with Gasteiger partial charge in [0.25, 0.3) is 0 Å². The Kier molecular flexibility index (Phi) is 6.98. The van der Waals surface area contributed by atoms with E-state index in [0.717, 1.165) is 29.2 Å². The van der Waals surface area contributed by atoms with Crippen molar-refractivity contribution in [1.82, 2.24) is 20.1 Å². The molecule has 0 fully saturated rings. The predicted molar refractivity (Wildman–Crippen MR) is 114 cm³/mol. The van der Waals surface area contributed by atoms with E-state index in [2.05, 4.69) is 15.5 Å². The molecule has 2 heterocycles. The van der Waals surface area contributed by atoms with Gasteiger partial charge in [-0.15, -0.1) is 10.2 Å². The molecule has 0 bridgehead atoms. The van der Waals surface area contributed by atoms with Crippen LogP contribution in [0.15, 0.2) is 46.2 Å². The second kappa shape index (κ2) is 9.65. The van der Waals surface area contributed by atoms with Gasteiger partial charge >= 0.3 is 0 Å². The average molecular weight is 415 g/mol. The molecule has 1 atom stereocenters. The normalized spacial score (nSPS) is 12.0. The van der Waals surface area contributed by atoms with E-state index in [-0.39, 0.29) is 17.7 Å².